The topological polar surface area (TPSA) is 91.1 Å². The SMILES string of the molecule is CN(C)C1CCN(S(=O)(=O)c2cc(C(=O)O)oc2Br)CC1. The van der Waals surface area contributed by atoms with Crippen LogP contribution >= 0.6 is 15.9 Å². The average molecular weight is 381 g/mol. The molecule has 21 heavy (non-hydrogen) atoms. The Balaban J connectivity index is 2.21. The molecular weight excluding hydrogens is 364 g/mol. The molecule has 2 heterocycles. The summed E-state index contributed by atoms with van der Waals surface area (Å²) in [6.45, 7) is 0.816. The Morgan fingerprint density at radius 3 is 2.43 bits per heavy atom. The predicted molar refractivity (Wildman–Crippen MR) is 78.8 cm³/mol. The van der Waals surface area contributed by atoms with Gasteiger partial charge in [0.25, 0.3) is 0 Å². The first-order valence-electron chi connectivity index (χ1n) is 6.42. The Hall–Kier alpha value is -0.900. The first kappa shape index (κ1) is 16.5. The van der Waals surface area contributed by atoms with E-state index in [0.717, 1.165) is 18.9 Å². The number of carboxylic acid groups (broad SMARTS) is 1. The number of carbonyl (C=O) groups is 1. The lowest BCUT2D eigenvalue weighted by Gasteiger charge is -2.34. The second-order valence-corrected chi connectivity index (χ2v) is 7.78. The van der Waals surface area contributed by atoms with Gasteiger partial charge in [0.2, 0.25) is 15.8 Å². The van der Waals surface area contributed by atoms with Crippen LogP contribution in [0.1, 0.15) is 23.4 Å². The van der Waals surface area contributed by atoms with Crippen LogP contribution in [0.15, 0.2) is 20.0 Å². The van der Waals surface area contributed by atoms with E-state index in [1.165, 1.54) is 4.31 Å². The largest absolute Gasteiger partial charge is 0.475 e. The van der Waals surface area contributed by atoms with Crippen molar-refractivity contribution in [3.8, 4) is 0 Å². The molecule has 0 spiro atoms. The summed E-state index contributed by atoms with van der Waals surface area (Å²) in [7, 11) is 0.202. The van der Waals surface area contributed by atoms with E-state index in [0.29, 0.717) is 19.1 Å². The zero-order valence-corrected chi connectivity index (χ0v) is 14.1. The number of hydrogen-bond donors (Lipinski definition) is 1. The molecule has 1 N–H and O–H groups in total. The molecule has 1 aliphatic heterocycles. The number of aromatic carboxylic acids is 1. The molecular formula is C12H17BrN2O5S. The van der Waals surface area contributed by atoms with E-state index >= 15 is 0 Å². The van der Waals surface area contributed by atoms with Gasteiger partial charge in [0.05, 0.1) is 0 Å². The van der Waals surface area contributed by atoms with E-state index in [4.69, 9.17) is 9.52 Å². The van der Waals surface area contributed by atoms with Crippen LogP contribution in [0.3, 0.4) is 0 Å². The maximum atomic E-state index is 12.5. The van der Waals surface area contributed by atoms with Gasteiger partial charge in [0, 0.05) is 25.2 Å². The highest BCUT2D eigenvalue weighted by atomic mass is 79.9. The first-order valence-corrected chi connectivity index (χ1v) is 8.66. The molecule has 118 valence electrons. The van der Waals surface area contributed by atoms with E-state index < -0.39 is 21.8 Å². The standard InChI is InChI=1S/C12H17BrN2O5S/c1-14(2)8-3-5-15(6-4-8)21(18,19)10-7-9(12(16)17)20-11(10)13/h7-8H,3-6H2,1-2H3,(H,16,17). The molecule has 7 nitrogen and oxygen atoms in total. The van der Waals surface area contributed by atoms with E-state index in [-0.39, 0.29) is 9.56 Å². The maximum Gasteiger partial charge on any atom is 0.371 e. The van der Waals surface area contributed by atoms with Crippen molar-refractivity contribution in [2.75, 3.05) is 27.2 Å². The van der Waals surface area contributed by atoms with Crippen LogP contribution in [-0.2, 0) is 10.0 Å². The highest BCUT2D eigenvalue weighted by Crippen LogP contribution is 2.30. The van der Waals surface area contributed by atoms with Crippen molar-refractivity contribution in [2.24, 2.45) is 0 Å². The second-order valence-electron chi connectivity index (χ2n) is 5.15. The summed E-state index contributed by atoms with van der Waals surface area (Å²) in [4.78, 5) is 12.8. The lowest BCUT2D eigenvalue weighted by Crippen LogP contribution is -2.44. The Bertz CT molecular complexity index is 632. The summed E-state index contributed by atoms with van der Waals surface area (Å²) in [6, 6.07) is 1.40. The fourth-order valence-corrected chi connectivity index (χ4v) is 4.74. The van der Waals surface area contributed by atoms with Crippen LogP contribution in [0.25, 0.3) is 0 Å². The monoisotopic (exact) mass is 380 g/mol. The number of furan rings is 1. The minimum absolute atomic E-state index is 0.0744. The van der Waals surface area contributed by atoms with E-state index in [2.05, 4.69) is 20.8 Å². The van der Waals surface area contributed by atoms with E-state index in [1.807, 2.05) is 14.1 Å². The van der Waals surface area contributed by atoms with Gasteiger partial charge in [0.15, 0.2) is 4.67 Å². The lowest BCUT2D eigenvalue weighted by molar-refractivity contribution is 0.0661. The number of halogens is 1. The van der Waals surface area contributed by atoms with Gasteiger partial charge in [-0.3, -0.25) is 0 Å². The van der Waals surface area contributed by atoms with Crippen LogP contribution < -0.4 is 0 Å². The lowest BCUT2D eigenvalue weighted by atomic mass is 10.1. The third kappa shape index (κ3) is 3.31. The highest BCUT2D eigenvalue weighted by Gasteiger charge is 2.33. The second kappa shape index (κ2) is 6.07. The van der Waals surface area contributed by atoms with Gasteiger partial charge in [-0.15, -0.1) is 0 Å². The van der Waals surface area contributed by atoms with Crippen molar-refractivity contribution in [3.05, 3.63) is 16.5 Å². The summed E-state index contributed by atoms with van der Waals surface area (Å²) in [6.07, 6.45) is 1.49. The number of sulfonamides is 1. The van der Waals surface area contributed by atoms with E-state index in [1.54, 1.807) is 0 Å². The summed E-state index contributed by atoms with van der Waals surface area (Å²) < 4.78 is 31.3. The molecule has 2 rings (SSSR count). The Morgan fingerprint density at radius 1 is 1.43 bits per heavy atom. The predicted octanol–water partition coefficient (Wildman–Crippen LogP) is 1.46. The zero-order valence-electron chi connectivity index (χ0n) is 11.7. The molecule has 0 atom stereocenters. The molecule has 0 aliphatic carbocycles. The molecule has 0 bridgehead atoms. The number of nitrogens with zero attached hydrogens (tertiary/aromatic N) is 2. The van der Waals surface area contributed by atoms with Crippen molar-refractivity contribution < 1.29 is 22.7 Å². The number of hydrogen-bond acceptors (Lipinski definition) is 5. The van der Waals surface area contributed by atoms with E-state index in [9.17, 15) is 13.2 Å². The van der Waals surface area contributed by atoms with Crippen molar-refractivity contribution in [3.63, 3.8) is 0 Å². The van der Waals surface area contributed by atoms with Gasteiger partial charge < -0.3 is 14.4 Å². The summed E-state index contributed by atoms with van der Waals surface area (Å²) in [5.41, 5.74) is 0. The molecule has 1 saturated heterocycles. The summed E-state index contributed by atoms with van der Waals surface area (Å²) in [5, 5.41) is 8.87. The van der Waals surface area contributed by atoms with Crippen molar-refractivity contribution in [1.29, 1.82) is 0 Å². The van der Waals surface area contributed by atoms with Crippen molar-refractivity contribution in [2.45, 2.75) is 23.8 Å². The molecule has 1 fully saturated rings. The van der Waals surface area contributed by atoms with Gasteiger partial charge in [-0.05, 0) is 42.9 Å². The molecule has 0 aromatic carbocycles. The average Bonchev–Trinajstić information content (AvgIpc) is 2.82. The molecule has 0 amide bonds. The van der Waals surface area contributed by atoms with Gasteiger partial charge in [-0.1, -0.05) is 0 Å². The molecule has 0 saturated carbocycles. The molecule has 0 radical (unpaired) electrons. The van der Waals surface area contributed by atoms with Crippen molar-refractivity contribution in [1.82, 2.24) is 9.21 Å². The smallest absolute Gasteiger partial charge is 0.371 e. The number of piperidine rings is 1. The quantitative estimate of drug-likeness (QED) is 0.849. The van der Waals surface area contributed by atoms with Gasteiger partial charge in [-0.2, -0.15) is 4.31 Å². The molecule has 1 aromatic heterocycles. The van der Waals surface area contributed by atoms with Crippen LogP contribution in [0.2, 0.25) is 0 Å². The first-order chi connectivity index (χ1) is 9.73. The highest BCUT2D eigenvalue weighted by molar-refractivity contribution is 9.10. The number of rotatable bonds is 4. The number of carboxylic acids is 1. The van der Waals surface area contributed by atoms with Crippen LogP contribution in [0.4, 0.5) is 0 Å². The van der Waals surface area contributed by atoms with Gasteiger partial charge in [-0.25, -0.2) is 13.2 Å². The Morgan fingerprint density at radius 2 is 2.00 bits per heavy atom. The molecule has 1 aromatic rings. The molecule has 9 heteroatoms. The van der Waals surface area contributed by atoms with Crippen LogP contribution in [-0.4, -0.2) is 61.9 Å². The van der Waals surface area contributed by atoms with Crippen LogP contribution in [0.5, 0.6) is 0 Å². The molecule has 0 unspecified atom stereocenters. The fraction of sp³-hybridized carbons (Fsp3) is 0.583. The third-order valence-electron chi connectivity index (χ3n) is 3.64. The Kier molecular flexibility index (Phi) is 4.76. The minimum atomic E-state index is -3.74. The fourth-order valence-electron chi connectivity index (χ4n) is 2.37. The summed E-state index contributed by atoms with van der Waals surface area (Å²) >= 11 is 2.98. The van der Waals surface area contributed by atoms with Crippen LogP contribution in [0, 0.1) is 0 Å². The summed E-state index contributed by atoms with van der Waals surface area (Å²) in [5.74, 6) is -1.70. The molecule has 1 aliphatic rings. The Labute approximate surface area is 131 Å². The zero-order chi connectivity index (χ0) is 15.8. The van der Waals surface area contributed by atoms with Gasteiger partial charge in [0.1, 0.15) is 4.90 Å². The minimum Gasteiger partial charge on any atom is -0.475 e. The van der Waals surface area contributed by atoms with Crippen molar-refractivity contribution >= 4 is 31.9 Å². The van der Waals surface area contributed by atoms with Gasteiger partial charge >= 0.3 is 5.97 Å². The third-order valence-corrected chi connectivity index (χ3v) is 6.39. The maximum absolute atomic E-state index is 12.5. The normalized spacial score (nSPS) is 18.3.